The first-order valence-corrected chi connectivity index (χ1v) is 13.5. The Bertz CT molecular complexity index is 1060. The Kier molecular flexibility index (Phi) is 6.68. The van der Waals surface area contributed by atoms with Crippen molar-refractivity contribution in [2.24, 2.45) is 7.05 Å². The third-order valence-electron chi connectivity index (χ3n) is 5.04. The van der Waals surface area contributed by atoms with Gasteiger partial charge in [-0.25, -0.2) is 0 Å². The minimum atomic E-state index is -1.45. The second kappa shape index (κ2) is 9.24. The van der Waals surface area contributed by atoms with E-state index in [2.05, 4.69) is 32.5 Å². The van der Waals surface area contributed by atoms with E-state index in [0.717, 1.165) is 29.5 Å². The molecule has 2 aromatic carbocycles. The first kappa shape index (κ1) is 21.0. The van der Waals surface area contributed by atoms with Gasteiger partial charge in [0, 0.05) is 0 Å². The van der Waals surface area contributed by atoms with Crippen LogP contribution in [0.4, 0.5) is 4.39 Å². The van der Waals surface area contributed by atoms with Gasteiger partial charge in [-0.05, 0) is 0 Å². The number of halogens is 3. The molecule has 8 heteroatoms. The predicted octanol–water partition coefficient (Wildman–Crippen LogP) is 1.36. The molecule has 0 saturated heterocycles. The summed E-state index contributed by atoms with van der Waals surface area (Å²) in [6.45, 7) is 0. The summed E-state index contributed by atoms with van der Waals surface area (Å²) in [5, 5.41) is -0.0111. The fourth-order valence-electron chi connectivity index (χ4n) is 3.43. The van der Waals surface area contributed by atoms with E-state index in [-0.39, 0.29) is 32.3 Å². The number of aromatic nitrogens is 2. The molecule has 1 N–H and O–H groups in total. The zero-order valence-corrected chi connectivity index (χ0v) is 19.6. The number of nitrogens with zero attached hydrogens (tertiary/aromatic N) is 2. The maximum absolute atomic E-state index is 13.4. The van der Waals surface area contributed by atoms with E-state index >= 15 is 0 Å². The molecule has 29 heavy (non-hydrogen) atoms. The zero-order chi connectivity index (χ0) is 20.4. The Hall–Kier alpha value is -1.29. The van der Waals surface area contributed by atoms with Gasteiger partial charge in [-0.1, -0.05) is 0 Å². The third-order valence-corrected chi connectivity index (χ3v) is 9.12. The van der Waals surface area contributed by atoms with Gasteiger partial charge in [0.15, 0.2) is 0 Å². The van der Waals surface area contributed by atoms with Crippen molar-refractivity contribution in [3.63, 3.8) is 0 Å². The molecule has 154 valence electrons. The summed E-state index contributed by atoms with van der Waals surface area (Å²) in [5.41, 5.74) is 2.54. The molecule has 1 aliphatic carbocycles. The molecule has 1 heterocycles. The Morgan fingerprint density at radius 1 is 1.34 bits per heavy atom. The number of nitrogens with one attached hydrogen (secondary N) is 1. The van der Waals surface area contributed by atoms with Gasteiger partial charge in [-0.3, -0.25) is 0 Å². The topological polar surface area (TPSA) is 46.9 Å². The number of alkyl halides is 1. The fraction of sp³-hybridized carbons (Fsp3) is 0.286. The second-order valence-corrected chi connectivity index (χ2v) is 11.4. The molecule has 0 aliphatic heterocycles. The standard InChI is InChI=1S/C21H21ClFIN3OS/c1-27-10-9-25-21(27)13-24-15-6-5-14-3-2-4-20(17(14)11-15)26-29(28)16-7-8-19(23)18(22)12-16/h5-12,20,26H,2-4,13H2,1H3/q-1/t20-,29?/m0/s1. The average Bonchev–Trinajstić information content (AvgIpc) is 3.13. The van der Waals surface area contributed by atoms with Crippen LogP contribution in [0.15, 0.2) is 53.7 Å². The monoisotopic (exact) mass is 544 g/mol. The molecular weight excluding hydrogens is 524 g/mol. The molecular formula is C21H21ClFIN3OS-. The molecule has 1 unspecified atom stereocenters. The zero-order valence-electron chi connectivity index (χ0n) is 15.9. The van der Waals surface area contributed by atoms with Crippen LogP contribution in [0.1, 0.15) is 35.8 Å². The van der Waals surface area contributed by atoms with E-state index in [1.165, 1.54) is 32.9 Å². The van der Waals surface area contributed by atoms with Crippen LogP contribution in [-0.4, -0.2) is 13.8 Å². The van der Waals surface area contributed by atoms with Gasteiger partial charge in [0.05, 0.1) is 0 Å². The van der Waals surface area contributed by atoms with E-state index < -0.39 is 16.8 Å². The summed E-state index contributed by atoms with van der Waals surface area (Å²) in [5.74, 6) is 0.608. The Labute approximate surface area is 187 Å². The summed E-state index contributed by atoms with van der Waals surface area (Å²) in [6, 6.07) is 10.9. The van der Waals surface area contributed by atoms with Gasteiger partial charge >= 0.3 is 188 Å². The number of fused-ring (bicyclic) bond motifs is 1. The molecule has 0 bridgehead atoms. The van der Waals surface area contributed by atoms with Crippen molar-refractivity contribution in [2.45, 2.75) is 34.6 Å². The van der Waals surface area contributed by atoms with Gasteiger partial charge in [-0.15, -0.1) is 0 Å². The number of imidazole rings is 1. The average molecular weight is 545 g/mol. The van der Waals surface area contributed by atoms with Crippen LogP contribution >= 0.6 is 11.6 Å². The molecule has 1 aromatic heterocycles. The van der Waals surface area contributed by atoms with Crippen molar-refractivity contribution in [1.82, 2.24) is 14.3 Å². The number of benzene rings is 2. The van der Waals surface area contributed by atoms with Crippen molar-refractivity contribution in [2.75, 3.05) is 0 Å². The van der Waals surface area contributed by atoms with E-state index in [0.29, 0.717) is 4.90 Å². The van der Waals surface area contributed by atoms with Crippen LogP contribution in [-0.2, 0) is 28.9 Å². The summed E-state index contributed by atoms with van der Waals surface area (Å²) < 4.78 is 33.9. The first-order chi connectivity index (χ1) is 14.0. The number of aryl methyl sites for hydroxylation is 2. The molecule has 0 spiro atoms. The predicted molar refractivity (Wildman–Crippen MR) is 109 cm³/mol. The molecule has 4 nitrogen and oxygen atoms in total. The molecule has 3 aromatic rings. The fourth-order valence-corrected chi connectivity index (χ4v) is 7.23. The quantitative estimate of drug-likeness (QED) is 0.376. The van der Waals surface area contributed by atoms with Crippen LogP contribution in [0.2, 0.25) is 5.02 Å². The number of hydrogen-bond donors (Lipinski definition) is 1. The van der Waals surface area contributed by atoms with Crippen LogP contribution in [0.3, 0.4) is 0 Å². The molecule has 0 radical (unpaired) electrons. The SMILES string of the molecule is Cn1ccnc1C[I-]c1ccc2c(c1)[C@@H](NS(=O)c1ccc(F)c(Cl)c1)CCC2. The van der Waals surface area contributed by atoms with Crippen LogP contribution < -0.4 is 25.9 Å². The van der Waals surface area contributed by atoms with E-state index in [4.69, 9.17) is 11.6 Å². The number of hydrogen-bond acceptors (Lipinski definition) is 2. The van der Waals surface area contributed by atoms with E-state index in [9.17, 15) is 8.60 Å². The minimum absolute atomic E-state index is 0.0111. The van der Waals surface area contributed by atoms with Gasteiger partial charge in [0.25, 0.3) is 0 Å². The Morgan fingerprint density at radius 3 is 2.97 bits per heavy atom. The molecule has 1 aliphatic rings. The van der Waals surface area contributed by atoms with Crippen LogP contribution in [0.25, 0.3) is 0 Å². The Morgan fingerprint density at radius 2 is 2.21 bits per heavy atom. The summed E-state index contributed by atoms with van der Waals surface area (Å²) in [6.07, 6.45) is 6.83. The van der Waals surface area contributed by atoms with Gasteiger partial charge in [-0.2, -0.15) is 0 Å². The third kappa shape index (κ3) is 4.90. The van der Waals surface area contributed by atoms with Gasteiger partial charge < -0.3 is 0 Å². The molecule has 0 fully saturated rings. The summed E-state index contributed by atoms with van der Waals surface area (Å²) in [4.78, 5) is 4.91. The second-order valence-electron chi connectivity index (χ2n) is 6.97. The molecule has 4 rings (SSSR count). The van der Waals surface area contributed by atoms with Crippen molar-refractivity contribution >= 4 is 22.6 Å². The van der Waals surface area contributed by atoms with Crippen molar-refractivity contribution in [1.29, 1.82) is 0 Å². The van der Waals surface area contributed by atoms with Gasteiger partial charge in [0.1, 0.15) is 0 Å². The maximum atomic E-state index is 13.4. The van der Waals surface area contributed by atoms with E-state index in [1.807, 2.05) is 19.4 Å². The van der Waals surface area contributed by atoms with Crippen molar-refractivity contribution in [3.8, 4) is 0 Å². The first-order valence-electron chi connectivity index (χ1n) is 9.32. The molecule has 2 atom stereocenters. The van der Waals surface area contributed by atoms with Crippen molar-refractivity contribution in [3.05, 3.63) is 80.2 Å². The van der Waals surface area contributed by atoms with Gasteiger partial charge in [0.2, 0.25) is 0 Å². The van der Waals surface area contributed by atoms with Crippen LogP contribution in [0.5, 0.6) is 0 Å². The normalized spacial score (nSPS) is 17.3. The molecule has 0 amide bonds. The van der Waals surface area contributed by atoms with Crippen molar-refractivity contribution < 1.29 is 29.8 Å². The van der Waals surface area contributed by atoms with Crippen LogP contribution in [0, 0.1) is 9.39 Å². The number of rotatable bonds is 6. The Balaban J connectivity index is 1.51. The van der Waals surface area contributed by atoms with E-state index in [1.54, 1.807) is 0 Å². The summed E-state index contributed by atoms with van der Waals surface area (Å²) in [7, 11) is 0.574. The summed E-state index contributed by atoms with van der Waals surface area (Å²) >= 11 is 5.65. The molecule has 0 saturated carbocycles.